The summed E-state index contributed by atoms with van der Waals surface area (Å²) in [7, 11) is 0. The Bertz CT molecular complexity index is 1110. The summed E-state index contributed by atoms with van der Waals surface area (Å²) < 4.78 is 1.16. The molecule has 6 nitrogen and oxygen atoms in total. The average molecular weight is 385 g/mol. The standard InChI is InChI=1S/C18H13ClN4O2S/c19-11-5-6-15(21-9-11)23-16(24)13-4-2-1-3-12(13)14(17(23)25)10-22-18-20-7-8-26-18/h1-6,9-10,25H,7-8H2/b22-10+. The summed E-state index contributed by atoms with van der Waals surface area (Å²) in [5, 5.41) is 13.0. The lowest BCUT2D eigenvalue weighted by Crippen LogP contribution is -2.21. The van der Waals surface area contributed by atoms with E-state index in [1.165, 1.54) is 6.20 Å². The van der Waals surface area contributed by atoms with E-state index in [1.54, 1.807) is 48.3 Å². The van der Waals surface area contributed by atoms with Crippen LogP contribution in [0.2, 0.25) is 5.02 Å². The van der Waals surface area contributed by atoms with Gasteiger partial charge in [-0.1, -0.05) is 41.6 Å². The average Bonchev–Trinajstić information content (AvgIpc) is 3.17. The van der Waals surface area contributed by atoms with E-state index in [0.29, 0.717) is 26.5 Å². The van der Waals surface area contributed by atoms with Crippen LogP contribution in [0, 0.1) is 0 Å². The highest BCUT2D eigenvalue weighted by molar-refractivity contribution is 8.14. The number of aromatic nitrogens is 2. The minimum absolute atomic E-state index is 0.226. The lowest BCUT2D eigenvalue weighted by atomic mass is 10.1. The second kappa shape index (κ2) is 6.93. The summed E-state index contributed by atoms with van der Waals surface area (Å²) in [6.07, 6.45) is 2.97. The number of aliphatic imine (C=N–C) groups is 2. The Balaban J connectivity index is 1.98. The van der Waals surface area contributed by atoms with Gasteiger partial charge in [-0.25, -0.2) is 14.5 Å². The van der Waals surface area contributed by atoms with Gasteiger partial charge in [0.15, 0.2) is 5.17 Å². The largest absolute Gasteiger partial charge is 0.494 e. The van der Waals surface area contributed by atoms with Crippen molar-refractivity contribution in [2.45, 2.75) is 0 Å². The molecule has 4 rings (SSSR count). The molecule has 0 aliphatic carbocycles. The lowest BCUT2D eigenvalue weighted by molar-refractivity contribution is 0.435. The summed E-state index contributed by atoms with van der Waals surface area (Å²) in [5.74, 6) is 0.953. The van der Waals surface area contributed by atoms with Crippen LogP contribution in [0.15, 0.2) is 57.4 Å². The first kappa shape index (κ1) is 16.8. The zero-order chi connectivity index (χ0) is 18.1. The summed E-state index contributed by atoms with van der Waals surface area (Å²) in [6.45, 7) is 0.734. The van der Waals surface area contributed by atoms with E-state index in [-0.39, 0.29) is 17.3 Å². The summed E-state index contributed by atoms with van der Waals surface area (Å²) in [6, 6.07) is 10.3. The van der Waals surface area contributed by atoms with Gasteiger partial charge in [-0.15, -0.1) is 0 Å². The first-order valence-corrected chi connectivity index (χ1v) is 9.21. The number of halogens is 1. The molecule has 1 aromatic carbocycles. The molecule has 0 spiro atoms. The van der Waals surface area contributed by atoms with E-state index < -0.39 is 0 Å². The van der Waals surface area contributed by atoms with Crippen LogP contribution in [0.25, 0.3) is 16.6 Å². The first-order chi connectivity index (χ1) is 12.6. The monoisotopic (exact) mass is 384 g/mol. The highest BCUT2D eigenvalue weighted by Gasteiger charge is 2.17. The third kappa shape index (κ3) is 3.00. The third-order valence-corrected chi connectivity index (χ3v) is 5.02. The molecule has 0 saturated carbocycles. The number of hydrogen-bond donors (Lipinski definition) is 1. The van der Waals surface area contributed by atoms with Crippen molar-refractivity contribution in [3.05, 3.63) is 63.5 Å². The molecule has 3 heterocycles. The van der Waals surface area contributed by atoms with Crippen molar-refractivity contribution in [1.82, 2.24) is 9.55 Å². The minimum atomic E-state index is -0.363. The van der Waals surface area contributed by atoms with Gasteiger partial charge >= 0.3 is 0 Å². The fraction of sp³-hybridized carbons (Fsp3) is 0.111. The van der Waals surface area contributed by atoms with Gasteiger partial charge in [-0.2, -0.15) is 0 Å². The molecule has 3 aromatic rings. The number of benzene rings is 1. The maximum Gasteiger partial charge on any atom is 0.267 e. The maximum absolute atomic E-state index is 12.9. The van der Waals surface area contributed by atoms with E-state index in [4.69, 9.17) is 11.6 Å². The van der Waals surface area contributed by atoms with Crippen molar-refractivity contribution in [3.8, 4) is 11.7 Å². The quantitative estimate of drug-likeness (QED) is 0.688. The van der Waals surface area contributed by atoms with Gasteiger partial charge in [0.05, 0.1) is 17.1 Å². The molecule has 0 atom stereocenters. The summed E-state index contributed by atoms with van der Waals surface area (Å²) >= 11 is 7.43. The Labute approximate surface area is 157 Å². The van der Waals surface area contributed by atoms with Crippen LogP contribution in [0.1, 0.15) is 5.56 Å². The highest BCUT2D eigenvalue weighted by Crippen LogP contribution is 2.26. The number of aromatic hydroxyl groups is 1. The van der Waals surface area contributed by atoms with Gasteiger partial charge in [-0.3, -0.25) is 9.79 Å². The number of hydrogen-bond acceptors (Lipinski definition) is 6. The summed E-state index contributed by atoms with van der Waals surface area (Å²) in [5.41, 5.74) is 0.0739. The normalized spacial score (nSPS) is 14.3. The number of pyridine rings is 2. The van der Waals surface area contributed by atoms with Gasteiger partial charge in [-0.05, 0) is 18.2 Å². The van der Waals surface area contributed by atoms with Crippen LogP contribution in [-0.4, -0.2) is 38.3 Å². The SMILES string of the molecule is O=c1c2ccccc2c(/C=N/C2=NCCS2)c(O)n1-c1ccc(Cl)cn1. The Morgan fingerprint density at radius 1 is 1.23 bits per heavy atom. The molecule has 26 heavy (non-hydrogen) atoms. The van der Waals surface area contributed by atoms with Crippen LogP contribution in [0.5, 0.6) is 5.88 Å². The Morgan fingerprint density at radius 2 is 2.04 bits per heavy atom. The number of amidine groups is 1. The van der Waals surface area contributed by atoms with Gasteiger partial charge in [0.1, 0.15) is 5.82 Å². The van der Waals surface area contributed by atoms with Crippen molar-refractivity contribution in [1.29, 1.82) is 0 Å². The van der Waals surface area contributed by atoms with Crippen LogP contribution in [0.4, 0.5) is 0 Å². The van der Waals surface area contributed by atoms with Crippen molar-refractivity contribution in [3.63, 3.8) is 0 Å². The van der Waals surface area contributed by atoms with E-state index >= 15 is 0 Å². The smallest absolute Gasteiger partial charge is 0.267 e. The first-order valence-electron chi connectivity index (χ1n) is 7.85. The zero-order valence-electron chi connectivity index (χ0n) is 13.5. The molecule has 8 heteroatoms. The molecule has 0 saturated heterocycles. The molecule has 0 amide bonds. The molecule has 0 unspecified atom stereocenters. The van der Waals surface area contributed by atoms with Crippen LogP contribution in [-0.2, 0) is 0 Å². The van der Waals surface area contributed by atoms with E-state index in [0.717, 1.165) is 16.9 Å². The third-order valence-electron chi connectivity index (χ3n) is 3.92. The zero-order valence-corrected chi connectivity index (χ0v) is 15.0. The molecule has 1 aliphatic heterocycles. The number of nitrogens with zero attached hydrogens (tertiary/aromatic N) is 4. The molecule has 0 bridgehead atoms. The van der Waals surface area contributed by atoms with E-state index in [2.05, 4.69) is 15.0 Å². The Morgan fingerprint density at radius 3 is 2.73 bits per heavy atom. The predicted molar refractivity (Wildman–Crippen MR) is 106 cm³/mol. The topological polar surface area (TPSA) is 79.8 Å². The summed E-state index contributed by atoms with van der Waals surface area (Å²) in [4.78, 5) is 25.7. The van der Waals surface area contributed by atoms with Gasteiger partial charge in [0.2, 0.25) is 5.88 Å². The number of thioether (sulfide) groups is 1. The second-order valence-electron chi connectivity index (χ2n) is 5.53. The van der Waals surface area contributed by atoms with Crippen molar-refractivity contribution in [2.24, 2.45) is 9.98 Å². The lowest BCUT2D eigenvalue weighted by Gasteiger charge is -2.12. The van der Waals surface area contributed by atoms with Crippen LogP contribution < -0.4 is 5.56 Å². The van der Waals surface area contributed by atoms with Gasteiger partial charge < -0.3 is 5.11 Å². The molecular formula is C18H13ClN4O2S. The predicted octanol–water partition coefficient (Wildman–Crippen LogP) is 3.27. The molecular weight excluding hydrogens is 372 g/mol. The fourth-order valence-corrected chi connectivity index (χ4v) is 3.51. The van der Waals surface area contributed by atoms with Gasteiger partial charge in [0.25, 0.3) is 5.56 Å². The molecule has 0 fully saturated rings. The number of fused-ring (bicyclic) bond motifs is 1. The minimum Gasteiger partial charge on any atom is -0.494 e. The molecule has 1 N–H and O–H groups in total. The molecule has 0 radical (unpaired) electrons. The van der Waals surface area contributed by atoms with Crippen LogP contribution in [0.3, 0.4) is 0 Å². The van der Waals surface area contributed by atoms with Crippen molar-refractivity contribution in [2.75, 3.05) is 12.3 Å². The van der Waals surface area contributed by atoms with Crippen molar-refractivity contribution >= 4 is 45.5 Å². The Hall–Kier alpha value is -2.64. The molecule has 130 valence electrons. The molecule has 1 aliphatic rings. The fourth-order valence-electron chi connectivity index (χ4n) is 2.72. The second-order valence-corrected chi connectivity index (χ2v) is 7.03. The van der Waals surface area contributed by atoms with Gasteiger partial charge in [0, 0.05) is 28.9 Å². The van der Waals surface area contributed by atoms with E-state index in [1.807, 2.05) is 6.07 Å². The van der Waals surface area contributed by atoms with Crippen LogP contribution >= 0.6 is 23.4 Å². The van der Waals surface area contributed by atoms with Crippen molar-refractivity contribution < 1.29 is 5.11 Å². The maximum atomic E-state index is 12.9. The Kier molecular flexibility index (Phi) is 4.48. The van der Waals surface area contributed by atoms with E-state index in [9.17, 15) is 9.90 Å². The molecule has 2 aromatic heterocycles. The highest BCUT2D eigenvalue weighted by atomic mass is 35.5. The number of rotatable bonds is 2.